The number of nitrogen functional groups attached to an aromatic ring is 4. The molecule has 0 amide bonds. The summed E-state index contributed by atoms with van der Waals surface area (Å²) in [5.74, 6) is -0.423. The molecule has 17 heterocycles. The minimum absolute atomic E-state index is 0.0114. The molecule has 10 aromatic rings. The van der Waals surface area contributed by atoms with Gasteiger partial charge in [-0.15, -0.1) is 0 Å². The van der Waals surface area contributed by atoms with Crippen LogP contribution < -0.4 is 45.3 Å². The van der Waals surface area contributed by atoms with Gasteiger partial charge in [-0.2, -0.15) is 15.0 Å². The van der Waals surface area contributed by atoms with Crippen molar-refractivity contribution in [1.82, 2.24) is 87.6 Å². The van der Waals surface area contributed by atoms with E-state index in [4.69, 9.17) is 106 Å². The zero-order valence-electron chi connectivity index (χ0n) is 65.0. The lowest BCUT2D eigenvalue weighted by Crippen LogP contribution is -2.52. The van der Waals surface area contributed by atoms with Gasteiger partial charge in [-0.05, 0) is 46.6 Å². The highest BCUT2D eigenvalue weighted by Crippen LogP contribution is 2.66. The topological polar surface area (TPSA) is 645 Å². The highest BCUT2D eigenvalue weighted by molar-refractivity contribution is 8.45. The number of H-pyrrole nitrogens is 3. The first-order valence-electron chi connectivity index (χ1n) is 37.9. The van der Waals surface area contributed by atoms with Gasteiger partial charge in [-0.25, -0.2) is 62.7 Å². The van der Waals surface area contributed by atoms with Gasteiger partial charge in [0.15, 0.2) is 75.3 Å². The molecule has 25 atom stereocenters. The van der Waals surface area contributed by atoms with Crippen LogP contribution in [0.4, 0.5) is 28.3 Å². The number of thiol groups is 3. The van der Waals surface area contributed by atoms with Crippen LogP contribution in [0.5, 0.6) is 0 Å². The monoisotopic (exact) mass is 1850 g/mol. The maximum Gasteiger partial charge on any atom is 0.509 e. The van der Waals surface area contributed by atoms with Crippen LogP contribution in [0.3, 0.4) is 0 Å². The standard InChI is InChI=1S/C66H78N22O28P4S3/c1-7-32-33(13-36(107-32)84-15-26(2)48(67)79-62(84)92)113-118(96,121)100-17-35-34(14-37(108-35)85-22-74-40-52(85)80-60(69)82-55(40)90)114-119(97,122)102-20-66-29(5)105-43(58(111-66)86-23-73-38-49(68)71-21-72-50(38)86)46(66)115-117(94,95)101-18-65-28(4)106-44(59(112-65)88-25-76-41-53(88)81-61(70)83-56(41)91)47(65)116-120(98,123)103-19-64-27(3)104-42(45(64)109-63(93)99-16-31-11-9-8-10-12-31)57(110-64)87-24-75-39-51(87)77-30(6)78-54(39)89/h8-12,15,21-25,27-29,32-37,42-47,57-59H,7,13-14,16-20H2,1-6H3,(H,94,95)(H,96,121)(H,97,122)(H,98,123)(H2,67,79,92)(H2,68,71,72)(H,77,78,89)(H3,69,80,82,90)(H3,70,81,83,91)/t27-,28-,29-,32+,33?,34?,35+,36+,37+,42-,43-,44-,45?,46?,47?,57+,58+,59+,64-,65-,66-,118?,119?,120?/m0/s1. The van der Waals surface area contributed by atoms with E-state index in [-0.39, 0.29) is 93.5 Å². The molecule has 0 saturated carbocycles. The number of rotatable bonds is 29. The van der Waals surface area contributed by atoms with E-state index < -0.39 is 210 Å². The van der Waals surface area contributed by atoms with Crippen LogP contribution in [-0.4, -0.2) is 221 Å². The molecule has 658 valence electrons. The second-order valence-corrected chi connectivity index (χ2v) is 40.3. The zero-order valence-corrected chi connectivity index (χ0v) is 71.3. The van der Waals surface area contributed by atoms with Crippen molar-refractivity contribution in [2.45, 2.75) is 195 Å². The molecule has 8 saturated heterocycles. The molecule has 50 nitrogen and oxygen atoms in total. The Hall–Kier alpha value is -8.54. The first-order chi connectivity index (χ1) is 58.4. The number of benzene rings is 1. The van der Waals surface area contributed by atoms with Gasteiger partial charge in [0, 0.05) is 24.6 Å². The Morgan fingerprint density at radius 1 is 0.545 bits per heavy atom. The molecule has 12 N–H and O–H groups in total. The molecule has 9 unspecified atom stereocenters. The van der Waals surface area contributed by atoms with Crippen molar-refractivity contribution in [1.29, 1.82) is 0 Å². The molecule has 8 aliphatic rings. The van der Waals surface area contributed by atoms with E-state index in [1.807, 2.05) is 0 Å². The van der Waals surface area contributed by atoms with E-state index in [9.17, 15) is 33.4 Å². The first-order valence-corrected chi connectivity index (χ1v) is 47.5. The van der Waals surface area contributed by atoms with E-state index in [0.717, 1.165) is 6.33 Å². The number of nitrogens with two attached hydrogens (primary N) is 4. The van der Waals surface area contributed by atoms with E-state index in [0.29, 0.717) is 17.5 Å². The fourth-order valence-corrected chi connectivity index (χ4v) is 22.3. The molecule has 0 radical (unpaired) electrons. The number of fused-ring (bicyclic) bond motifs is 10. The number of anilines is 4. The summed E-state index contributed by atoms with van der Waals surface area (Å²) in [6.07, 6.45) is -17.1. The molecule has 0 aliphatic carbocycles. The fraction of sp³-hybridized carbons (Fsp3) is 0.530. The normalized spacial score (nSPS) is 32.7. The van der Waals surface area contributed by atoms with E-state index in [1.54, 1.807) is 58.0 Å². The Balaban J connectivity index is 0.623. The van der Waals surface area contributed by atoms with Crippen LogP contribution in [-0.2, 0) is 108 Å². The number of phosphoric acid groups is 1. The minimum Gasteiger partial charge on any atom is -0.429 e. The third-order valence-electron chi connectivity index (χ3n) is 22.8. The molecule has 1 aromatic carbocycles. The van der Waals surface area contributed by atoms with Gasteiger partial charge in [0.1, 0.15) is 96.5 Å². The van der Waals surface area contributed by atoms with Crippen molar-refractivity contribution in [3.63, 3.8) is 0 Å². The van der Waals surface area contributed by atoms with Crippen molar-refractivity contribution in [2.75, 3.05) is 49.4 Å². The number of aromatic nitrogens is 18. The predicted octanol–water partition coefficient (Wildman–Crippen LogP) is 4.12. The van der Waals surface area contributed by atoms with Gasteiger partial charge in [-0.3, -0.25) is 83.4 Å². The molecule has 123 heavy (non-hydrogen) atoms. The van der Waals surface area contributed by atoms with Gasteiger partial charge in [-0.1, -0.05) is 74.0 Å². The van der Waals surface area contributed by atoms with Gasteiger partial charge in [0.2, 0.25) is 11.9 Å². The molecule has 18 rings (SSSR count). The van der Waals surface area contributed by atoms with Crippen LogP contribution in [0.2, 0.25) is 0 Å². The molecular formula is C66H78N22O28P4S3. The summed E-state index contributed by atoms with van der Waals surface area (Å²) in [4.78, 5) is 129. The number of phosphoric ester groups is 1. The number of aromatic amines is 3. The number of nitrogens with zero attached hydrogens (tertiary/aromatic N) is 15. The van der Waals surface area contributed by atoms with Crippen molar-refractivity contribution in [2.24, 2.45) is 0 Å². The molecular weight excluding hydrogens is 1770 g/mol. The number of carbonyl (C=O) groups is 1. The Kier molecular flexibility index (Phi) is 22.0. The van der Waals surface area contributed by atoms with E-state index >= 15 is 13.7 Å². The number of hydrogen-bond acceptors (Lipinski definition) is 41. The number of ether oxygens (including phenoxy) is 10. The largest absolute Gasteiger partial charge is 0.509 e. The average molecular weight is 1850 g/mol. The third kappa shape index (κ3) is 15.4. The molecule has 9 aromatic heterocycles. The van der Waals surface area contributed by atoms with E-state index in [1.165, 1.54) is 68.2 Å². The third-order valence-corrected chi connectivity index (χ3v) is 28.6. The van der Waals surface area contributed by atoms with Crippen molar-refractivity contribution in [3.8, 4) is 0 Å². The van der Waals surface area contributed by atoms with Crippen LogP contribution in [0, 0.1) is 13.8 Å². The van der Waals surface area contributed by atoms with Gasteiger partial charge >= 0.3 is 40.1 Å². The summed E-state index contributed by atoms with van der Waals surface area (Å²) >= 11 is 13.3. The number of hydrogen-bond donors (Lipinski definition) is 11. The summed E-state index contributed by atoms with van der Waals surface area (Å²) in [6.45, 7) is -8.57. The summed E-state index contributed by atoms with van der Waals surface area (Å²) in [7, 11) is -5.73. The number of aryl methyl sites for hydroxylation is 2. The Morgan fingerprint density at radius 2 is 1.02 bits per heavy atom. The quantitative estimate of drug-likeness (QED) is 0.0178. The Labute approximate surface area is 705 Å². The molecule has 8 fully saturated rings. The zero-order chi connectivity index (χ0) is 86.7. The second-order valence-electron chi connectivity index (χ2n) is 30.3. The van der Waals surface area contributed by atoms with Crippen LogP contribution in [0.1, 0.15) is 95.0 Å². The highest BCUT2D eigenvalue weighted by atomic mass is 32.7. The van der Waals surface area contributed by atoms with Crippen LogP contribution in [0.25, 0.3) is 44.7 Å². The Bertz CT molecular complexity index is 6310. The lowest BCUT2D eigenvalue weighted by molar-refractivity contribution is -0.217. The molecule has 0 spiro atoms. The smallest absolute Gasteiger partial charge is 0.429 e. The van der Waals surface area contributed by atoms with Gasteiger partial charge < -0.3 is 80.2 Å². The minimum atomic E-state index is -5.73. The van der Waals surface area contributed by atoms with Crippen LogP contribution in [0.15, 0.2) is 87.3 Å². The maximum atomic E-state index is 15.5. The van der Waals surface area contributed by atoms with Crippen molar-refractivity contribution >= 4 is 139 Å². The summed E-state index contributed by atoms with van der Waals surface area (Å²) in [5, 5.41) is 0. The fourth-order valence-electron chi connectivity index (χ4n) is 16.8. The SMILES string of the molecule is CC[C@H]1O[C@@H](n2cc(C)c(N)nc2=O)CC1OP(=O)(S)OC[C@H]1O[C@@H](n2cnc3c(=O)[nH]c(N)nc32)CC1OP(=O)(S)OC[C@]12O[C@@H](n3cnc4c(N)ncnc43)[C@@H](O[C@H]1C)C2OP(=O)(O)OC[C@]12O[C@@H](n3cnc4c(=O)[nH]c(N)nc43)[C@@H](O[C@H]1C)C2OP(=O)(S)OC[C@]12O[C@@H](n3cnc4c(=O)[nH]c(C)nc43)[C@@H](O[C@H]1C)C2OC(=O)OCc1ccccc1. The molecule has 57 heteroatoms. The summed E-state index contributed by atoms with van der Waals surface area (Å²) in [5.41, 5.74) is 15.9. The van der Waals surface area contributed by atoms with Crippen LogP contribution >= 0.6 is 65.0 Å². The maximum absolute atomic E-state index is 15.5. The predicted molar refractivity (Wildman–Crippen MR) is 429 cm³/mol. The average Bonchev–Trinajstić information content (AvgIpc) is 1.56. The number of carbonyl (C=O) groups excluding carboxylic acids is 1. The van der Waals surface area contributed by atoms with Gasteiger partial charge in [0.05, 0.1) is 82.3 Å². The molecule has 8 aliphatic heterocycles. The van der Waals surface area contributed by atoms with Crippen molar-refractivity contribution < 1.29 is 112 Å². The molecule has 6 bridgehead atoms. The summed E-state index contributed by atoms with van der Waals surface area (Å²) < 4.78 is 181. The van der Waals surface area contributed by atoms with E-state index in [2.05, 4.69) is 102 Å². The lowest BCUT2D eigenvalue weighted by atomic mass is 9.94. The lowest BCUT2D eigenvalue weighted by Gasteiger charge is -2.38. The second kappa shape index (κ2) is 31.8. The van der Waals surface area contributed by atoms with Gasteiger partial charge in [0.25, 0.3) is 16.7 Å². The first kappa shape index (κ1) is 85.3. The summed E-state index contributed by atoms with van der Waals surface area (Å²) in [6, 6.07) is 8.71. The Morgan fingerprint density at radius 3 is 1.60 bits per heavy atom. The number of nitrogens with one attached hydrogen (secondary N) is 3. The number of imidazole rings is 4. The van der Waals surface area contributed by atoms with Crippen molar-refractivity contribution in [3.05, 3.63) is 127 Å². The highest BCUT2D eigenvalue weighted by Gasteiger charge is 2.73.